The second-order valence-electron chi connectivity index (χ2n) is 8.88. The lowest BCUT2D eigenvalue weighted by atomic mass is 9.95. The largest absolute Gasteiger partial charge is 0.455 e. The van der Waals surface area contributed by atoms with Crippen LogP contribution in [0.3, 0.4) is 0 Å². The van der Waals surface area contributed by atoms with Crippen LogP contribution in [0, 0.1) is 0 Å². The van der Waals surface area contributed by atoms with Gasteiger partial charge in [0.15, 0.2) is 0 Å². The molecule has 0 saturated carbocycles. The van der Waals surface area contributed by atoms with Crippen molar-refractivity contribution in [2.45, 2.75) is 19.7 Å². The summed E-state index contributed by atoms with van der Waals surface area (Å²) < 4.78 is 14.9. The van der Waals surface area contributed by atoms with Crippen LogP contribution >= 0.6 is 0 Å². The van der Waals surface area contributed by atoms with Gasteiger partial charge in [0.1, 0.15) is 11.2 Å². The Bertz CT molecular complexity index is 1660. The van der Waals surface area contributed by atoms with E-state index < -0.39 is 5.89 Å². The van der Waals surface area contributed by atoms with Crippen molar-refractivity contribution in [3.63, 3.8) is 0 Å². The Morgan fingerprint density at radius 3 is 2.12 bits per heavy atom. The SMILES string of the molecule is [2H]C(C)(C)c1ccnc(-c2ccc3oc4c(-c5ccccc5)cc(-c5ccccc5)cc4c3c2)c1. The molecular formula is C32H25NO. The number of aromatic nitrogens is 1. The van der Waals surface area contributed by atoms with E-state index in [1.165, 1.54) is 5.56 Å². The van der Waals surface area contributed by atoms with E-state index in [1.807, 2.05) is 50.2 Å². The molecule has 6 rings (SSSR count). The van der Waals surface area contributed by atoms with E-state index in [9.17, 15) is 0 Å². The van der Waals surface area contributed by atoms with Crippen LogP contribution in [0.15, 0.2) is 114 Å². The first-order valence-electron chi connectivity index (χ1n) is 12.1. The summed E-state index contributed by atoms with van der Waals surface area (Å²) in [5.41, 5.74) is 9.08. The Kier molecular flexibility index (Phi) is 4.72. The molecule has 2 heterocycles. The van der Waals surface area contributed by atoms with Gasteiger partial charge in [0.25, 0.3) is 0 Å². The minimum atomic E-state index is -0.681. The molecule has 34 heavy (non-hydrogen) atoms. The van der Waals surface area contributed by atoms with Crippen LogP contribution in [0.2, 0.25) is 0 Å². The van der Waals surface area contributed by atoms with Gasteiger partial charge in [0.05, 0.1) is 5.69 Å². The fourth-order valence-electron chi connectivity index (χ4n) is 4.57. The lowest BCUT2D eigenvalue weighted by Crippen LogP contribution is -1.90. The first-order chi connectivity index (χ1) is 17.0. The van der Waals surface area contributed by atoms with Gasteiger partial charge in [-0.2, -0.15) is 0 Å². The average molecular weight is 441 g/mol. The number of benzene rings is 4. The predicted octanol–water partition coefficient (Wildman–Crippen LogP) is 9.11. The molecule has 0 radical (unpaired) electrons. The topological polar surface area (TPSA) is 26.0 Å². The maximum absolute atomic E-state index is 8.41. The lowest BCUT2D eigenvalue weighted by Gasteiger charge is -2.08. The molecule has 0 atom stereocenters. The van der Waals surface area contributed by atoms with Crippen LogP contribution in [0.25, 0.3) is 55.4 Å². The number of rotatable bonds is 4. The second-order valence-corrected chi connectivity index (χ2v) is 8.88. The van der Waals surface area contributed by atoms with Crippen molar-refractivity contribution in [2.24, 2.45) is 0 Å². The maximum Gasteiger partial charge on any atom is 0.143 e. The molecule has 0 bridgehead atoms. The molecular weight excluding hydrogens is 414 g/mol. The molecule has 4 aromatic carbocycles. The Morgan fingerprint density at radius 1 is 0.676 bits per heavy atom. The molecule has 2 nitrogen and oxygen atoms in total. The van der Waals surface area contributed by atoms with E-state index in [0.29, 0.717) is 0 Å². The van der Waals surface area contributed by atoms with E-state index >= 15 is 0 Å². The monoisotopic (exact) mass is 440 g/mol. The van der Waals surface area contributed by atoms with Gasteiger partial charge in [0.2, 0.25) is 0 Å². The number of hydrogen-bond donors (Lipinski definition) is 0. The van der Waals surface area contributed by atoms with Gasteiger partial charge >= 0.3 is 0 Å². The van der Waals surface area contributed by atoms with Crippen molar-refractivity contribution in [3.05, 3.63) is 115 Å². The third-order valence-corrected chi connectivity index (χ3v) is 6.40. The molecule has 2 heteroatoms. The van der Waals surface area contributed by atoms with E-state index in [-0.39, 0.29) is 0 Å². The fraction of sp³-hybridized carbons (Fsp3) is 0.0938. The molecule has 6 aromatic rings. The average Bonchev–Trinajstić information content (AvgIpc) is 3.27. The predicted molar refractivity (Wildman–Crippen MR) is 142 cm³/mol. The summed E-state index contributed by atoms with van der Waals surface area (Å²) in [7, 11) is 0. The summed E-state index contributed by atoms with van der Waals surface area (Å²) in [5.74, 6) is -0.681. The third kappa shape index (κ3) is 3.58. The van der Waals surface area contributed by atoms with Crippen LogP contribution in [0.5, 0.6) is 0 Å². The highest BCUT2D eigenvalue weighted by atomic mass is 16.3. The molecule has 0 aliphatic rings. The van der Waals surface area contributed by atoms with Crippen LogP contribution in [0.1, 0.15) is 26.7 Å². The Hall–Kier alpha value is -4.17. The van der Waals surface area contributed by atoms with Crippen LogP contribution in [0.4, 0.5) is 0 Å². The zero-order valence-electron chi connectivity index (χ0n) is 20.2. The highest BCUT2D eigenvalue weighted by Gasteiger charge is 2.16. The van der Waals surface area contributed by atoms with Gasteiger partial charge < -0.3 is 4.42 Å². The number of hydrogen-bond acceptors (Lipinski definition) is 2. The third-order valence-electron chi connectivity index (χ3n) is 6.40. The summed E-state index contributed by atoms with van der Waals surface area (Å²) in [5, 5.41) is 2.14. The molecule has 0 spiro atoms. The van der Waals surface area contributed by atoms with Gasteiger partial charge in [-0.25, -0.2) is 0 Å². The van der Waals surface area contributed by atoms with Gasteiger partial charge in [-0.05, 0) is 70.6 Å². The number of fused-ring (bicyclic) bond motifs is 3. The number of nitrogens with zero attached hydrogens (tertiary/aromatic N) is 1. The minimum Gasteiger partial charge on any atom is -0.455 e. The van der Waals surface area contributed by atoms with E-state index in [2.05, 4.69) is 71.7 Å². The van der Waals surface area contributed by atoms with Gasteiger partial charge in [-0.15, -0.1) is 0 Å². The molecule has 0 unspecified atom stereocenters. The van der Waals surface area contributed by atoms with Crippen molar-refractivity contribution in [3.8, 4) is 33.5 Å². The van der Waals surface area contributed by atoms with Gasteiger partial charge in [-0.1, -0.05) is 74.5 Å². The first-order valence-corrected chi connectivity index (χ1v) is 11.6. The van der Waals surface area contributed by atoms with Crippen molar-refractivity contribution in [1.82, 2.24) is 4.98 Å². The Labute approximate surface area is 200 Å². The molecule has 0 amide bonds. The molecule has 0 aliphatic carbocycles. The van der Waals surface area contributed by atoms with Crippen molar-refractivity contribution < 1.29 is 5.79 Å². The van der Waals surface area contributed by atoms with Crippen molar-refractivity contribution in [2.75, 3.05) is 0 Å². The zero-order valence-corrected chi connectivity index (χ0v) is 19.2. The van der Waals surface area contributed by atoms with E-state index in [1.54, 1.807) is 6.20 Å². The summed E-state index contributed by atoms with van der Waals surface area (Å²) in [6.45, 7) is 3.80. The molecule has 164 valence electrons. The van der Waals surface area contributed by atoms with Crippen molar-refractivity contribution in [1.29, 1.82) is 0 Å². The summed E-state index contributed by atoms with van der Waals surface area (Å²) in [4.78, 5) is 4.61. The number of furan rings is 1. The number of pyridine rings is 1. The fourth-order valence-corrected chi connectivity index (χ4v) is 4.57. The van der Waals surface area contributed by atoms with Crippen molar-refractivity contribution >= 4 is 21.9 Å². The quantitative estimate of drug-likeness (QED) is 0.273. The first kappa shape index (κ1) is 19.3. The highest BCUT2D eigenvalue weighted by molar-refractivity contribution is 6.12. The highest BCUT2D eigenvalue weighted by Crippen LogP contribution is 2.40. The molecule has 0 saturated heterocycles. The Morgan fingerprint density at radius 2 is 1.38 bits per heavy atom. The van der Waals surface area contributed by atoms with Crippen LogP contribution in [-0.2, 0) is 0 Å². The summed E-state index contributed by atoms with van der Waals surface area (Å²) in [6.07, 6.45) is 1.79. The van der Waals surface area contributed by atoms with Gasteiger partial charge in [-0.3, -0.25) is 4.98 Å². The second kappa shape index (κ2) is 8.31. The van der Waals surface area contributed by atoms with Crippen LogP contribution < -0.4 is 0 Å². The zero-order chi connectivity index (χ0) is 24.0. The molecule has 0 aliphatic heterocycles. The lowest BCUT2D eigenvalue weighted by molar-refractivity contribution is 0.670. The maximum atomic E-state index is 8.41. The normalized spacial score (nSPS) is 12.2. The minimum absolute atomic E-state index is 0.681. The smallest absolute Gasteiger partial charge is 0.143 e. The summed E-state index contributed by atoms with van der Waals surface area (Å²) >= 11 is 0. The van der Waals surface area contributed by atoms with E-state index in [4.69, 9.17) is 5.79 Å². The standard InChI is InChI=1S/C32H25NO/c1-21(2)24-15-16-33-30(20-24)25-13-14-31-28(17-25)29-19-26(22-9-5-3-6-10-22)18-27(32(29)34-31)23-11-7-4-8-12-23/h3-21H,1-2H3/i21D. The van der Waals surface area contributed by atoms with Crippen LogP contribution in [-0.4, -0.2) is 4.98 Å². The Balaban J connectivity index is 1.61. The molecule has 0 N–H and O–H groups in total. The molecule has 2 aromatic heterocycles. The van der Waals surface area contributed by atoms with E-state index in [0.717, 1.165) is 55.4 Å². The summed E-state index contributed by atoms with van der Waals surface area (Å²) in [6, 6.07) is 35.5. The van der Waals surface area contributed by atoms with Gasteiger partial charge in [0, 0.05) is 29.5 Å². The molecule has 0 fully saturated rings.